The van der Waals surface area contributed by atoms with Gasteiger partial charge in [-0.25, -0.2) is 0 Å². The van der Waals surface area contributed by atoms with Gasteiger partial charge in [-0.3, -0.25) is 4.79 Å². The molecule has 0 aliphatic rings. The highest BCUT2D eigenvalue weighted by Gasteiger charge is 2.37. The van der Waals surface area contributed by atoms with Crippen molar-refractivity contribution < 1.29 is 36.2 Å². The highest BCUT2D eigenvalue weighted by atomic mass is 19.4. The van der Waals surface area contributed by atoms with Crippen LogP contribution in [0.1, 0.15) is 27.0 Å². The summed E-state index contributed by atoms with van der Waals surface area (Å²) in [6.45, 7) is 1.50. The van der Waals surface area contributed by atoms with Crippen molar-refractivity contribution in [3.05, 3.63) is 58.7 Å². The summed E-state index contributed by atoms with van der Waals surface area (Å²) in [6.07, 6.45) is -10.1. The highest BCUT2D eigenvalue weighted by molar-refractivity contribution is 6.05. The number of halogens is 6. The molecule has 0 atom stereocenters. The van der Waals surface area contributed by atoms with E-state index in [-0.39, 0.29) is 17.5 Å². The zero-order valence-corrected chi connectivity index (χ0v) is 12.6. The first-order valence-electron chi connectivity index (χ1n) is 6.78. The second-order valence-corrected chi connectivity index (χ2v) is 5.25. The van der Waals surface area contributed by atoms with Gasteiger partial charge in [0.2, 0.25) is 0 Å². The molecule has 2 rings (SSSR count). The van der Waals surface area contributed by atoms with Crippen LogP contribution in [0.4, 0.5) is 32.0 Å². The fourth-order valence-corrected chi connectivity index (χ4v) is 2.07. The van der Waals surface area contributed by atoms with Crippen molar-refractivity contribution >= 4 is 11.6 Å². The van der Waals surface area contributed by atoms with E-state index in [2.05, 4.69) is 5.32 Å². The number of alkyl halides is 6. The van der Waals surface area contributed by atoms with E-state index in [9.17, 15) is 36.2 Å². The Bertz CT molecular complexity index is 779. The molecule has 0 aliphatic heterocycles. The summed E-state index contributed by atoms with van der Waals surface area (Å²) in [6, 6.07) is 4.42. The molecule has 0 spiro atoms. The normalized spacial score (nSPS) is 12.1. The molecule has 1 amide bonds. The van der Waals surface area contributed by atoms with E-state index in [4.69, 9.17) is 0 Å². The summed E-state index contributed by atoms with van der Waals surface area (Å²) in [5.41, 5.74) is -3.40. The van der Waals surface area contributed by atoms with Gasteiger partial charge in [0.1, 0.15) is 5.75 Å². The van der Waals surface area contributed by atoms with Crippen molar-refractivity contribution in [1.82, 2.24) is 0 Å². The first kappa shape index (κ1) is 18.6. The van der Waals surface area contributed by atoms with Gasteiger partial charge < -0.3 is 10.4 Å². The molecule has 3 nitrogen and oxygen atoms in total. The number of amides is 1. The van der Waals surface area contributed by atoms with Crippen LogP contribution < -0.4 is 5.32 Å². The SMILES string of the molecule is Cc1cc(O)ccc1NC(=O)c1cc(C(F)(F)F)cc(C(F)(F)F)c1. The summed E-state index contributed by atoms with van der Waals surface area (Å²) in [4.78, 5) is 12.1. The van der Waals surface area contributed by atoms with Gasteiger partial charge in [-0.05, 0) is 48.9 Å². The number of phenolic OH excluding ortho intramolecular Hbond substituents is 1. The van der Waals surface area contributed by atoms with Gasteiger partial charge in [0.15, 0.2) is 0 Å². The number of phenols is 1. The Kier molecular flexibility index (Phi) is 4.70. The van der Waals surface area contributed by atoms with E-state index in [0.717, 1.165) is 0 Å². The molecule has 134 valence electrons. The molecule has 2 aromatic carbocycles. The molecule has 0 aliphatic carbocycles. The molecule has 0 unspecified atom stereocenters. The molecule has 0 radical (unpaired) electrons. The van der Waals surface area contributed by atoms with E-state index < -0.39 is 35.0 Å². The molecule has 2 aromatic rings. The first-order chi connectivity index (χ1) is 11.4. The monoisotopic (exact) mass is 363 g/mol. The molecule has 0 heterocycles. The molecule has 0 aromatic heterocycles. The summed E-state index contributed by atoms with van der Waals surface area (Å²) >= 11 is 0. The number of carbonyl (C=O) groups excluding carboxylic acids is 1. The van der Waals surface area contributed by atoms with Crippen LogP contribution in [0.3, 0.4) is 0 Å². The van der Waals surface area contributed by atoms with E-state index >= 15 is 0 Å². The van der Waals surface area contributed by atoms with Gasteiger partial charge in [-0.1, -0.05) is 0 Å². The summed E-state index contributed by atoms with van der Waals surface area (Å²) in [5, 5.41) is 11.5. The fourth-order valence-electron chi connectivity index (χ4n) is 2.07. The molecule has 25 heavy (non-hydrogen) atoms. The molecule has 2 N–H and O–H groups in total. The molecule has 0 saturated heterocycles. The molecule has 0 fully saturated rings. The van der Waals surface area contributed by atoms with E-state index in [0.29, 0.717) is 17.7 Å². The number of aryl methyl sites for hydroxylation is 1. The minimum absolute atomic E-state index is 0.0530. The van der Waals surface area contributed by atoms with Gasteiger partial charge >= 0.3 is 12.4 Å². The van der Waals surface area contributed by atoms with Crippen LogP contribution in [0.15, 0.2) is 36.4 Å². The van der Waals surface area contributed by atoms with Crippen molar-refractivity contribution in [2.45, 2.75) is 19.3 Å². The lowest BCUT2D eigenvalue weighted by Gasteiger charge is -2.14. The second kappa shape index (κ2) is 6.30. The fraction of sp³-hybridized carbons (Fsp3) is 0.188. The van der Waals surface area contributed by atoms with Gasteiger partial charge in [0, 0.05) is 11.3 Å². The van der Waals surface area contributed by atoms with Crippen LogP contribution in [0.25, 0.3) is 0 Å². The molecule has 0 bridgehead atoms. The third-order valence-electron chi connectivity index (χ3n) is 3.31. The van der Waals surface area contributed by atoms with Crippen molar-refractivity contribution in [2.24, 2.45) is 0 Å². The third-order valence-corrected chi connectivity index (χ3v) is 3.31. The predicted molar refractivity (Wildman–Crippen MR) is 77.2 cm³/mol. The number of benzene rings is 2. The van der Waals surface area contributed by atoms with Gasteiger partial charge in [0.05, 0.1) is 11.1 Å². The Labute approximate surface area is 137 Å². The molecule has 0 saturated carbocycles. The van der Waals surface area contributed by atoms with Crippen molar-refractivity contribution in [1.29, 1.82) is 0 Å². The van der Waals surface area contributed by atoms with E-state index in [1.165, 1.54) is 25.1 Å². The standard InChI is InChI=1S/C16H11F6NO2/c1-8-4-12(24)2-3-13(8)23-14(25)9-5-10(15(17,18)19)7-11(6-9)16(20,21)22/h2-7,24H,1H3,(H,23,25). The molecule has 9 heteroatoms. The van der Waals surface area contributed by atoms with Crippen LogP contribution in [0.2, 0.25) is 0 Å². The topological polar surface area (TPSA) is 49.3 Å². The van der Waals surface area contributed by atoms with Crippen LogP contribution >= 0.6 is 0 Å². The van der Waals surface area contributed by atoms with Crippen LogP contribution in [-0.4, -0.2) is 11.0 Å². The average Bonchev–Trinajstić information content (AvgIpc) is 2.47. The van der Waals surface area contributed by atoms with Gasteiger partial charge in [-0.2, -0.15) is 26.3 Å². The largest absolute Gasteiger partial charge is 0.508 e. The van der Waals surface area contributed by atoms with E-state index in [1.54, 1.807) is 0 Å². The maximum absolute atomic E-state index is 12.8. The minimum atomic E-state index is -5.04. The zero-order valence-electron chi connectivity index (χ0n) is 12.6. The number of hydrogen-bond donors (Lipinski definition) is 2. The summed E-state index contributed by atoms with van der Waals surface area (Å²) in [7, 11) is 0. The highest BCUT2D eigenvalue weighted by Crippen LogP contribution is 2.36. The zero-order chi connectivity index (χ0) is 19.0. The Hall–Kier alpha value is -2.71. The van der Waals surface area contributed by atoms with Crippen LogP contribution in [0, 0.1) is 6.92 Å². The van der Waals surface area contributed by atoms with Crippen LogP contribution in [-0.2, 0) is 12.4 Å². The smallest absolute Gasteiger partial charge is 0.416 e. The number of nitrogens with one attached hydrogen (secondary N) is 1. The lowest BCUT2D eigenvalue weighted by atomic mass is 10.0. The Morgan fingerprint density at radius 1 is 0.920 bits per heavy atom. The summed E-state index contributed by atoms with van der Waals surface area (Å²) in [5.74, 6) is -1.24. The Balaban J connectivity index is 2.44. The lowest BCUT2D eigenvalue weighted by molar-refractivity contribution is -0.143. The number of anilines is 1. The van der Waals surface area contributed by atoms with Gasteiger partial charge in [-0.15, -0.1) is 0 Å². The van der Waals surface area contributed by atoms with Crippen molar-refractivity contribution in [3.8, 4) is 5.75 Å². The Morgan fingerprint density at radius 2 is 1.44 bits per heavy atom. The maximum atomic E-state index is 12.8. The van der Waals surface area contributed by atoms with Gasteiger partial charge in [0.25, 0.3) is 5.91 Å². The van der Waals surface area contributed by atoms with Crippen LogP contribution in [0.5, 0.6) is 5.75 Å². The number of rotatable bonds is 2. The maximum Gasteiger partial charge on any atom is 0.416 e. The predicted octanol–water partition coefficient (Wildman–Crippen LogP) is 4.99. The number of hydrogen-bond acceptors (Lipinski definition) is 2. The summed E-state index contributed by atoms with van der Waals surface area (Å²) < 4.78 is 76.8. The Morgan fingerprint density at radius 3 is 1.88 bits per heavy atom. The van der Waals surface area contributed by atoms with E-state index in [1.807, 2.05) is 0 Å². The average molecular weight is 363 g/mol. The van der Waals surface area contributed by atoms with Crippen molar-refractivity contribution in [3.63, 3.8) is 0 Å². The molecular weight excluding hydrogens is 352 g/mol. The second-order valence-electron chi connectivity index (χ2n) is 5.25. The first-order valence-corrected chi connectivity index (χ1v) is 6.78. The molecular formula is C16H11F6NO2. The number of aromatic hydroxyl groups is 1. The van der Waals surface area contributed by atoms with Crippen molar-refractivity contribution in [2.75, 3.05) is 5.32 Å². The lowest BCUT2D eigenvalue weighted by Crippen LogP contribution is -2.17. The minimum Gasteiger partial charge on any atom is -0.508 e. The quantitative estimate of drug-likeness (QED) is 0.583. The third kappa shape index (κ3) is 4.43. The number of carbonyl (C=O) groups is 1.